The summed E-state index contributed by atoms with van der Waals surface area (Å²) in [5.41, 5.74) is 9.94. The summed E-state index contributed by atoms with van der Waals surface area (Å²) in [6.07, 6.45) is 1.98. The Labute approximate surface area is 138 Å². The van der Waals surface area contributed by atoms with Gasteiger partial charge in [0.2, 0.25) is 0 Å². The summed E-state index contributed by atoms with van der Waals surface area (Å²) >= 11 is 6.08. The van der Waals surface area contributed by atoms with Gasteiger partial charge in [-0.1, -0.05) is 47.5 Å². The van der Waals surface area contributed by atoms with Crippen molar-refractivity contribution in [3.05, 3.63) is 64.2 Å². The van der Waals surface area contributed by atoms with Crippen molar-refractivity contribution < 1.29 is 4.74 Å². The Balaban J connectivity index is 1.89. The molecule has 0 aliphatic carbocycles. The number of halogens is 1. The summed E-state index contributed by atoms with van der Waals surface area (Å²) in [7, 11) is 0. The molecule has 0 saturated carbocycles. The van der Waals surface area contributed by atoms with E-state index in [2.05, 4.69) is 32.0 Å². The highest BCUT2D eigenvalue weighted by molar-refractivity contribution is 6.32. The van der Waals surface area contributed by atoms with E-state index in [1.54, 1.807) is 0 Å². The molecular formula is C19H24ClNO. The van der Waals surface area contributed by atoms with Crippen molar-refractivity contribution >= 4 is 11.6 Å². The highest BCUT2D eigenvalue weighted by Crippen LogP contribution is 2.26. The van der Waals surface area contributed by atoms with E-state index in [4.69, 9.17) is 22.1 Å². The monoisotopic (exact) mass is 317 g/mol. The second-order valence-corrected chi connectivity index (χ2v) is 6.12. The molecule has 0 bridgehead atoms. The van der Waals surface area contributed by atoms with Crippen LogP contribution in [0.4, 0.5) is 0 Å². The molecule has 2 aromatic carbocycles. The molecule has 0 aliphatic rings. The smallest absolute Gasteiger partial charge is 0.137 e. The maximum absolute atomic E-state index is 6.08. The zero-order valence-corrected chi connectivity index (χ0v) is 14.1. The van der Waals surface area contributed by atoms with E-state index in [1.165, 1.54) is 16.7 Å². The molecule has 0 amide bonds. The van der Waals surface area contributed by atoms with Crippen LogP contribution in [0.25, 0.3) is 0 Å². The second-order valence-electron chi connectivity index (χ2n) is 5.71. The van der Waals surface area contributed by atoms with E-state index in [0.29, 0.717) is 24.1 Å². The average molecular weight is 318 g/mol. The predicted octanol–water partition coefficient (Wildman–Crippen LogP) is 4.86. The Hall–Kier alpha value is -1.51. The number of hydrogen-bond acceptors (Lipinski definition) is 2. The first-order chi connectivity index (χ1) is 10.6. The van der Waals surface area contributed by atoms with E-state index in [0.717, 1.165) is 18.6 Å². The minimum absolute atomic E-state index is 0.384. The Morgan fingerprint density at radius 3 is 2.64 bits per heavy atom. The van der Waals surface area contributed by atoms with Gasteiger partial charge >= 0.3 is 0 Å². The molecule has 0 aromatic heterocycles. The number of ether oxygens (including phenoxy) is 1. The molecule has 0 spiro atoms. The van der Waals surface area contributed by atoms with Crippen LogP contribution >= 0.6 is 11.6 Å². The van der Waals surface area contributed by atoms with Gasteiger partial charge in [0.15, 0.2) is 0 Å². The normalized spacial score (nSPS) is 12.2. The molecule has 0 aliphatic heterocycles. The molecule has 0 fully saturated rings. The van der Waals surface area contributed by atoms with Crippen LogP contribution < -0.4 is 10.5 Å². The van der Waals surface area contributed by atoms with Crippen LogP contribution in [0.3, 0.4) is 0 Å². The molecule has 2 nitrogen and oxygen atoms in total. The van der Waals surface area contributed by atoms with Crippen molar-refractivity contribution in [3.8, 4) is 5.75 Å². The summed E-state index contributed by atoms with van der Waals surface area (Å²) in [5.74, 6) is 1.13. The molecule has 2 N–H and O–H groups in total. The summed E-state index contributed by atoms with van der Waals surface area (Å²) in [4.78, 5) is 0. The van der Waals surface area contributed by atoms with E-state index >= 15 is 0 Å². The van der Waals surface area contributed by atoms with Crippen molar-refractivity contribution in [1.82, 2.24) is 0 Å². The zero-order valence-electron chi connectivity index (χ0n) is 13.3. The van der Waals surface area contributed by atoms with E-state index < -0.39 is 0 Å². The maximum atomic E-state index is 6.08. The van der Waals surface area contributed by atoms with E-state index in [9.17, 15) is 0 Å². The van der Waals surface area contributed by atoms with Crippen molar-refractivity contribution in [2.45, 2.75) is 32.6 Å². The van der Waals surface area contributed by atoms with Crippen molar-refractivity contribution in [2.75, 3.05) is 13.2 Å². The Morgan fingerprint density at radius 1 is 1.14 bits per heavy atom. The van der Waals surface area contributed by atoms with Gasteiger partial charge in [-0.25, -0.2) is 0 Å². The number of benzene rings is 2. The highest BCUT2D eigenvalue weighted by Gasteiger charge is 2.12. The van der Waals surface area contributed by atoms with Gasteiger partial charge in [-0.15, -0.1) is 0 Å². The second kappa shape index (κ2) is 8.21. The number of nitrogens with two attached hydrogens (primary N) is 1. The lowest BCUT2D eigenvalue weighted by Gasteiger charge is -2.18. The fraction of sp³-hybridized carbons (Fsp3) is 0.368. The van der Waals surface area contributed by atoms with E-state index in [-0.39, 0.29) is 0 Å². The third kappa shape index (κ3) is 4.49. The fourth-order valence-corrected chi connectivity index (χ4v) is 2.86. The van der Waals surface area contributed by atoms with Crippen molar-refractivity contribution in [2.24, 2.45) is 5.73 Å². The summed E-state index contributed by atoms with van der Waals surface area (Å²) < 4.78 is 5.75. The SMILES string of the molecule is Cc1ccc(C)c(C(CN)CCCOc2ccccc2Cl)c1. The van der Waals surface area contributed by atoms with Crippen LogP contribution in [0, 0.1) is 13.8 Å². The maximum Gasteiger partial charge on any atom is 0.137 e. The lowest BCUT2D eigenvalue weighted by Crippen LogP contribution is -2.15. The summed E-state index contributed by atoms with van der Waals surface area (Å²) in [5, 5.41) is 0.660. The molecule has 22 heavy (non-hydrogen) atoms. The molecule has 3 heteroatoms. The number of hydrogen-bond donors (Lipinski definition) is 1. The van der Waals surface area contributed by atoms with Crippen LogP contribution in [0.2, 0.25) is 5.02 Å². The van der Waals surface area contributed by atoms with Gasteiger partial charge in [0.1, 0.15) is 5.75 Å². The highest BCUT2D eigenvalue weighted by atomic mass is 35.5. The van der Waals surface area contributed by atoms with Crippen LogP contribution in [0.15, 0.2) is 42.5 Å². The van der Waals surface area contributed by atoms with Crippen LogP contribution in [0.5, 0.6) is 5.75 Å². The minimum Gasteiger partial charge on any atom is -0.492 e. The molecule has 0 heterocycles. The predicted molar refractivity (Wildman–Crippen MR) is 93.9 cm³/mol. The average Bonchev–Trinajstić information content (AvgIpc) is 2.52. The first-order valence-electron chi connectivity index (χ1n) is 7.76. The fourth-order valence-electron chi connectivity index (χ4n) is 2.67. The van der Waals surface area contributed by atoms with Crippen LogP contribution in [-0.2, 0) is 0 Å². The van der Waals surface area contributed by atoms with Gasteiger partial charge in [0.25, 0.3) is 0 Å². The van der Waals surface area contributed by atoms with Gasteiger partial charge in [0.05, 0.1) is 11.6 Å². The quantitative estimate of drug-likeness (QED) is 0.740. The molecule has 1 atom stereocenters. The van der Waals surface area contributed by atoms with Gasteiger partial charge in [-0.2, -0.15) is 0 Å². The number of rotatable bonds is 7. The van der Waals surface area contributed by atoms with Crippen LogP contribution in [-0.4, -0.2) is 13.2 Å². The minimum atomic E-state index is 0.384. The molecule has 1 unspecified atom stereocenters. The van der Waals surface area contributed by atoms with E-state index in [1.807, 2.05) is 24.3 Å². The number of aryl methyl sites for hydroxylation is 2. The van der Waals surface area contributed by atoms with Crippen molar-refractivity contribution in [1.29, 1.82) is 0 Å². The number of para-hydroxylation sites is 1. The van der Waals surface area contributed by atoms with Crippen molar-refractivity contribution in [3.63, 3.8) is 0 Å². The molecular weight excluding hydrogens is 294 g/mol. The third-order valence-electron chi connectivity index (χ3n) is 3.95. The largest absolute Gasteiger partial charge is 0.492 e. The van der Waals surface area contributed by atoms with Gasteiger partial charge in [-0.05, 0) is 62.4 Å². The summed E-state index contributed by atoms with van der Waals surface area (Å²) in [6.45, 7) is 5.59. The Kier molecular flexibility index (Phi) is 6.29. The standard InChI is InChI=1S/C19H24ClNO/c1-14-9-10-15(2)17(12-14)16(13-21)6-5-11-22-19-8-4-3-7-18(19)20/h3-4,7-10,12,16H,5-6,11,13,21H2,1-2H3. The molecule has 0 saturated heterocycles. The first kappa shape index (κ1) is 16.9. The van der Waals surface area contributed by atoms with Gasteiger partial charge in [-0.3, -0.25) is 0 Å². The lowest BCUT2D eigenvalue weighted by atomic mass is 9.90. The third-order valence-corrected chi connectivity index (χ3v) is 4.26. The van der Waals surface area contributed by atoms with Gasteiger partial charge < -0.3 is 10.5 Å². The Bertz CT molecular complexity index is 612. The molecule has 2 aromatic rings. The lowest BCUT2D eigenvalue weighted by molar-refractivity contribution is 0.302. The molecule has 2 rings (SSSR count). The Morgan fingerprint density at radius 2 is 1.91 bits per heavy atom. The topological polar surface area (TPSA) is 35.2 Å². The molecule has 118 valence electrons. The first-order valence-corrected chi connectivity index (χ1v) is 8.14. The zero-order chi connectivity index (χ0) is 15.9. The van der Waals surface area contributed by atoms with Crippen LogP contribution in [0.1, 0.15) is 35.4 Å². The van der Waals surface area contributed by atoms with Gasteiger partial charge in [0, 0.05) is 0 Å². The molecule has 0 radical (unpaired) electrons. The summed E-state index contributed by atoms with van der Waals surface area (Å²) in [6, 6.07) is 14.1.